The van der Waals surface area contributed by atoms with Gasteiger partial charge in [0.1, 0.15) is 5.82 Å². The van der Waals surface area contributed by atoms with Gasteiger partial charge in [-0.15, -0.1) is 0 Å². The fourth-order valence-corrected chi connectivity index (χ4v) is 4.45. The van der Waals surface area contributed by atoms with Crippen molar-refractivity contribution >= 4 is 16.7 Å². The normalized spacial score (nSPS) is 18.5. The second kappa shape index (κ2) is 10.3. The van der Waals surface area contributed by atoms with Gasteiger partial charge < -0.3 is 24.4 Å². The van der Waals surface area contributed by atoms with Crippen molar-refractivity contribution < 1.29 is 14.2 Å². The van der Waals surface area contributed by atoms with Gasteiger partial charge in [-0.2, -0.15) is 0 Å². The highest BCUT2D eigenvalue weighted by Gasteiger charge is 2.28. The van der Waals surface area contributed by atoms with Crippen LogP contribution in [0.2, 0.25) is 0 Å². The molecule has 1 aromatic heterocycles. The standard InChI is InChI=1S/C24H37N3O3/c1-7-10-27(8-2)11-9-12-29-22-15-20-18(14-21(22)28-6)23-17(4)30-16(3)13-19(23)24(25-5)26-20/h14-17H,7-13H2,1-6H3,(H,25,26). The molecule has 0 saturated carbocycles. The number of pyridine rings is 1. The van der Waals surface area contributed by atoms with E-state index in [1.165, 1.54) is 17.5 Å². The quantitative estimate of drug-likeness (QED) is 0.562. The maximum absolute atomic E-state index is 6.13. The largest absolute Gasteiger partial charge is 0.493 e. The first-order valence-electron chi connectivity index (χ1n) is 11.2. The summed E-state index contributed by atoms with van der Waals surface area (Å²) >= 11 is 0. The number of nitrogens with zero attached hydrogens (tertiary/aromatic N) is 2. The summed E-state index contributed by atoms with van der Waals surface area (Å²) in [5.74, 6) is 2.42. The maximum atomic E-state index is 6.13. The van der Waals surface area contributed by atoms with Gasteiger partial charge >= 0.3 is 0 Å². The summed E-state index contributed by atoms with van der Waals surface area (Å²) in [5, 5.41) is 4.35. The highest BCUT2D eigenvalue weighted by atomic mass is 16.5. The molecule has 0 spiro atoms. The lowest BCUT2D eigenvalue weighted by molar-refractivity contribution is -0.00362. The van der Waals surface area contributed by atoms with Gasteiger partial charge in [-0.3, -0.25) is 0 Å². The molecule has 1 aliphatic heterocycles. The summed E-state index contributed by atoms with van der Waals surface area (Å²) in [5.41, 5.74) is 3.34. The maximum Gasteiger partial charge on any atom is 0.163 e. The topological polar surface area (TPSA) is 55.9 Å². The first-order valence-corrected chi connectivity index (χ1v) is 11.2. The van der Waals surface area contributed by atoms with Crippen molar-refractivity contribution in [2.75, 3.05) is 45.7 Å². The van der Waals surface area contributed by atoms with Crippen LogP contribution in [0.5, 0.6) is 11.5 Å². The summed E-state index contributed by atoms with van der Waals surface area (Å²) in [4.78, 5) is 7.35. The second-order valence-electron chi connectivity index (χ2n) is 8.05. The molecule has 166 valence electrons. The predicted molar refractivity (Wildman–Crippen MR) is 123 cm³/mol. The molecule has 0 fully saturated rings. The van der Waals surface area contributed by atoms with E-state index >= 15 is 0 Å². The van der Waals surface area contributed by atoms with E-state index in [1.54, 1.807) is 7.11 Å². The molecule has 0 aliphatic carbocycles. The van der Waals surface area contributed by atoms with E-state index in [9.17, 15) is 0 Å². The van der Waals surface area contributed by atoms with Gasteiger partial charge in [-0.1, -0.05) is 13.8 Å². The van der Waals surface area contributed by atoms with Crippen molar-refractivity contribution in [3.05, 3.63) is 23.3 Å². The molecular formula is C24H37N3O3. The molecule has 3 rings (SSSR count). The Hall–Kier alpha value is -2.05. The van der Waals surface area contributed by atoms with Crippen LogP contribution >= 0.6 is 0 Å². The van der Waals surface area contributed by atoms with Crippen LogP contribution in [0.1, 0.15) is 57.8 Å². The number of methoxy groups -OCH3 is 1. The summed E-state index contributed by atoms with van der Waals surface area (Å²) in [6.45, 7) is 12.6. The fraction of sp³-hybridized carbons (Fsp3) is 0.625. The molecule has 1 aromatic carbocycles. The van der Waals surface area contributed by atoms with Crippen molar-refractivity contribution in [3.8, 4) is 11.5 Å². The van der Waals surface area contributed by atoms with E-state index in [1.807, 2.05) is 13.1 Å². The second-order valence-corrected chi connectivity index (χ2v) is 8.05. The lowest BCUT2D eigenvalue weighted by Crippen LogP contribution is -2.26. The van der Waals surface area contributed by atoms with Crippen molar-refractivity contribution in [1.29, 1.82) is 0 Å². The molecule has 1 aliphatic rings. The van der Waals surface area contributed by atoms with Crippen LogP contribution in [0.15, 0.2) is 12.1 Å². The molecule has 0 saturated heterocycles. The minimum Gasteiger partial charge on any atom is -0.493 e. The molecule has 2 aromatic rings. The number of ether oxygens (including phenoxy) is 3. The van der Waals surface area contributed by atoms with Crippen LogP contribution in [0.25, 0.3) is 10.9 Å². The zero-order valence-corrected chi connectivity index (χ0v) is 19.4. The van der Waals surface area contributed by atoms with Crippen molar-refractivity contribution in [1.82, 2.24) is 9.88 Å². The van der Waals surface area contributed by atoms with Crippen molar-refractivity contribution in [2.24, 2.45) is 0 Å². The van der Waals surface area contributed by atoms with Gasteiger partial charge in [0.05, 0.1) is 31.4 Å². The van der Waals surface area contributed by atoms with Crippen LogP contribution in [0.3, 0.4) is 0 Å². The number of hydrogen-bond donors (Lipinski definition) is 1. The minimum absolute atomic E-state index is 0.0106. The smallest absolute Gasteiger partial charge is 0.163 e. The van der Waals surface area contributed by atoms with Gasteiger partial charge in [0.2, 0.25) is 0 Å². The number of anilines is 1. The molecule has 0 radical (unpaired) electrons. The summed E-state index contributed by atoms with van der Waals surface area (Å²) in [6, 6.07) is 4.06. The van der Waals surface area contributed by atoms with Gasteiger partial charge in [0.15, 0.2) is 11.5 Å². The van der Waals surface area contributed by atoms with E-state index in [0.717, 1.165) is 60.7 Å². The van der Waals surface area contributed by atoms with Crippen LogP contribution in [0, 0.1) is 0 Å². The Kier molecular flexibility index (Phi) is 7.78. The fourth-order valence-electron chi connectivity index (χ4n) is 4.45. The van der Waals surface area contributed by atoms with Crippen LogP contribution in [0.4, 0.5) is 5.82 Å². The molecule has 2 heterocycles. The molecule has 1 N–H and O–H groups in total. The monoisotopic (exact) mass is 415 g/mol. The number of nitrogens with one attached hydrogen (secondary N) is 1. The Labute approximate surface area is 180 Å². The van der Waals surface area contributed by atoms with Gasteiger partial charge in [0, 0.05) is 37.0 Å². The third kappa shape index (κ3) is 4.81. The number of fused-ring (bicyclic) bond motifs is 3. The molecule has 0 amide bonds. The molecule has 6 heteroatoms. The average Bonchev–Trinajstić information content (AvgIpc) is 2.74. The minimum atomic E-state index is 0.0106. The van der Waals surface area contributed by atoms with Crippen LogP contribution in [-0.2, 0) is 11.2 Å². The molecular weight excluding hydrogens is 378 g/mol. The highest BCUT2D eigenvalue weighted by molar-refractivity contribution is 5.89. The van der Waals surface area contributed by atoms with Crippen molar-refractivity contribution in [2.45, 2.75) is 59.2 Å². The van der Waals surface area contributed by atoms with E-state index in [2.05, 4.69) is 44.0 Å². The van der Waals surface area contributed by atoms with Crippen LogP contribution < -0.4 is 14.8 Å². The average molecular weight is 416 g/mol. The Morgan fingerprint density at radius 2 is 2.00 bits per heavy atom. The summed E-state index contributed by atoms with van der Waals surface area (Å²) < 4.78 is 17.9. The molecule has 2 unspecified atom stereocenters. The van der Waals surface area contributed by atoms with E-state index < -0.39 is 0 Å². The number of aromatic nitrogens is 1. The van der Waals surface area contributed by atoms with Gasteiger partial charge in [-0.25, -0.2) is 4.98 Å². The molecule has 0 bridgehead atoms. The number of rotatable bonds is 10. The van der Waals surface area contributed by atoms with E-state index in [0.29, 0.717) is 6.61 Å². The lowest BCUT2D eigenvalue weighted by Gasteiger charge is -2.31. The van der Waals surface area contributed by atoms with Gasteiger partial charge in [0.25, 0.3) is 0 Å². The zero-order chi connectivity index (χ0) is 21.7. The third-order valence-corrected chi connectivity index (χ3v) is 5.85. The van der Waals surface area contributed by atoms with E-state index in [-0.39, 0.29) is 12.2 Å². The predicted octanol–water partition coefficient (Wildman–Crippen LogP) is 4.81. The molecule has 2 atom stereocenters. The Balaban J connectivity index is 1.87. The number of hydrogen-bond acceptors (Lipinski definition) is 6. The first kappa shape index (κ1) is 22.6. The van der Waals surface area contributed by atoms with Gasteiger partial charge in [-0.05, 0) is 51.4 Å². The Bertz CT molecular complexity index is 855. The summed E-state index contributed by atoms with van der Waals surface area (Å²) in [6.07, 6.45) is 3.20. The SMILES string of the molecule is CCCN(CC)CCCOc1cc2nc(NC)c3c(c2cc1OC)C(C)OC(C)C3. The molecule has 6 nitrogen and oxygen atoms in total. The Morgan fingerprint density at radius 3 is 2.67 bits per heavy atom. The highest BCUT2D eigenvalue weighted by Crippen LogP contribution is 2.41. The zero-order valence-electron chi connectivity index (χ0n) is 19.4. The third-order valence-electron chi connectivity index (χ3n) is 5.85. The summed E-state index contributed by atoms with van der Waals surface area (Å²) in [7, 11) is 3.62. The van der Waals surface area contributed by atoms with Crippen LogP contribution in [-0.4, -0.2) is 56.4 Å². The Morgan fingerprint density at radius 1 is 1.20 bits per heavy atom. The lowest BCUT2D eigenvalue weighted by atomic mass is 9.92. The first-order chi connectivity index (χ1) is 14.5. The van der Waals surface area contributed by atoms with Crippen molar-refractivity contribution in [3.63, 3.8) is 0 Å². The number of benzene rings is 1. The molecule has 30 heavy (non-hydrogen) atoms. The van der Waals surface area contributed by atoms with E-state index in [4.69, 9.17) is 19.2 Å².